The van der Waals surface area contributed by atoms with E-state index in [1.54, 1.807) is 6.92 Å². The van der Waals surface area contributed by atoms with Crippen molar-refractivity contribution in [2.45, 2.75) is 26.7 Å². The van der Waals surface area contributed by atoms with Crippen LogP contribution in [0.3, 0.4) is 0 Å². The molecule has 0 unspecified atom stereocenters. The van der Waals surface area contributed by atoms with E-state index >= 15 is 0 Å². The predicted molar refractivity (Wildman–Crippen MR) is 54.4 cm³/mol. The Morgan fingerprint density at radius 1 is 1.46 bits per heavy atom. The monoisotopic (exact) mass is 185 g/mol. The molecular formula is C10H21N2O+. The Bertz CT molecular complexity index is 166. The van der Waals surface area contributed by atoms with E-state index in [4.69, 9.17) is 0 Å². The largest absolute Gasteiger partial charge is 0.347 e. The SMILES string of the molecule is C=C(C)C(=O)NCC[NH2+]CCCC. The third-order valence-corrected chi connectivity index (χ3v) is 1.78. The molecule has 0 aliphatic heterocycles. The van der Waals surface area contributed by atoms with Crippen LogP contribution in [0.15, 0.2) is 12.2 Å². The molecule has 0 aliphatic rings. The van der Waals surface area contributed by atoms with Gasteiger partial charge in [-0.25, -0.2) is 0 Å². The molecule has 0 atom stereocenters. The summed E-state index contributed by atoms with van der Waals surface area (Å²) in [6, 6.07) is 0. The Morgan fingerprint density at radius 3 is 2.69 bits per heavy atom. The number of carbonyl (C=O) groups is 1. The molecule has 0 saturated carbocycles. The summed E-state index contributed by atoms with van der Waals surface area (Å²) in [7, 11) is 0. The average Bonchev–Trinajstić information content (AvgIpc) is 2.10. The Labute approximate surface area is 80.6 Å². The number of quaternary nitrogens is 1. The highest BCUT2D eigenvalue weighted by Gasteiger charge is 1.99. The smallest absolute Gasteiger partial charge is 0.246 e. The van der Waals surface area contributed by atoms with Crippen LogP contribution < -0.4 is 10.6 Å². The maximum Gasteiger partial charge on any atom is 0.246 e. The first-order valence-electron chi connectivity index (χ1n) is 4.93. The van der Waals surface area contributed by atoms with Gasteiger partial charge >= 0.3 is 0 Å². The van der Waals surface area contributed by atoms with Crippen molar-refractivity contribution in [3.05, 3.63) is 12.2 Å². The van der Waals surface area contributed by atoms with Crippen LogP contribution in [0, 0.1) is 0 Å². The van der Waals surface area contributed by atoms with E-state index in [-0.39, 0.29) is 5.91 Å². The van der Waals surface area contributed by atoms with E-state index in [9.17, 15) is 4.79 Å². The highest BCUT2D eigenvalue weighted by Crippen LogP contribution is 1.83. The fourth-order valence-electron chi connectivity index (χ4n) is 0.931. The number of carbonyl (C=O) groups excluding carboxylic acids is 1. The molecule has 0 aliphatic carbocycles. The van der Waals surface area contributed by atoms with Crippen molar-refractivity contribution in [3.8, 4) is 0 Å². The molecule has 0 aromatic carbocycles. The quantitative estimate of drug-likeness (QED) is 0.427. The lowest BCUT2D eigenvalue weighted by atomic mass is 10.3. The van der Waals surface area contributed by atoms with Gasteiger partial charge in [-0.05, 0) is 13.3 Å². The van der Waals surface area contributed by atoms with Crippen LogP contribution in [0.2, 0.25) is 0 Å². The molecule has 0 saturated heterocycles. The molecular weight excluding hydrogens is 164 g/mol. The third kappa shape index (κ3) is 7.53. The Hall–Kier alpha value is -0.830. The number of nitrogens with one attached hydrogen (secondary N) is 1. The summed E-state index contributed by atoms with van der Waals surface area (Å²) >= 11 is 0. The molecule has 0 bridgehead atoms. The molecule has 0 rings (SSSR count). The van der Waals surface area contributed by atoms with Gasteiger partial charge in [-0.2, -0.15) is 0 Å². The van der Waals surface area contributed by atoms with Gasteiger partial charge in [0.05, 0.1) is 19.6 Å². The van der Waals surface area contributed by atoms with Gasteiger partial charge in [0.15, 0.2) is 0 Å². The highest BCUT2D eigenvalue weighted by molar-refractivity contribution is 5.91. The van der Waals surface area contributed by atoms with Gasteiger partial charge in [0.1, 0.15) is 0 Å². The zero-order valence-corrected chi connectivity index (χ0v) is 8.73. The topological polar surface area (TPSA) is 45.7 Å². The van der Waals surface area contributed by atoms with Crippen LogP contribution in [-0.4, -0.2) is 25.5 Å². The molecule has 76 valence electrons. The molecule has 1 amide bonds. The molecule has 3 nitrogen and oxygen atoms in total. The van der Waals surface area contributed by atoms with Crippen molar-refractivity contribution in [1.82, 2.24) is 5.32 Å². The highest BCUT2D eigenvalue weighted by atomic mass is 16.1. The van der Waals surface area contributed by atoms with Gasteiger partial charge in [0.25, 0.3) is 0 Å². The minimum Gasteiger partial charge on any atom is -0.347 e. The lowest BCUT2D eigenvalue weighted by Crippen LogP contribution is -2.85. The minimum absolute atomic E-state index is 0.0381. The van der Waals surface area contributed by atoms with E-state index in [1.165, 1.54) is 12.8 Å². The lowest BCUT2D eigenvalue weighted by Gasteiger charge is -2.03. The van der Waals surface area contributed by atoms with Crippen molar-refractivity contribution in [1.29, 1.82) is 0 Å². The summed E-state index contributed by atoms with van der Waals surface area (Å²) in [5, 5.41) is 5.01. The summed E-state index contributed by atoms with van der Waals surface area (Å²) in [4.78, 5) is 11.0. The third-order valence-electron chi connectivity index (χ3n) is 1.78. The Balaban J connectivity index is 3.16. The second-order valence-corrected chi connectivity index (χ2v) is 3.26. The molecule has 0 aromatic heterocycles. The molecule has 3 N–H and O–H groups in total. The van der Waals surface area contributed by atoms with E-state index < -0.39 is 0 Å². The molecule has 0 fully saturated rings. The summed E-state index contributed by atoms with van der Waals surface area (Å²) < 4.78 is 0. The second kappa shape index (κ2) is 7.80. The molecule has 0 radical (unpaired) electrons. The number of unbranched alkanes of at least 4 members (excludes halogenated alkanes) is 1. The first-order chi connectivity index (χ1) is 6.18. The Morgan fingerprint density at radius 2 is 2.15 bits per heavy atom. The van der Waals surface area contributed by atoms with Crippen molar-refractivity contribution >= 4 is 5.91 Å². The fraction of sp³-hybridized carbons (Fsp3) is 0.700. The van der Waals surface area contributed by atoms with E-state index in [0.29, 0.717) is 5.57 Å². The number of amides is 1. The van der Waals surface area contributed by atoms with Crippen LogP contribution in [0.5, 0.6) is 0 Å². The van der Waals surface area contributed by atoms with E-state index in [0.717, 1.165) is 19.6 Å². The van der Waals surface area contributed by atoms with Crippen molar-refractivity contribution < 1.29 is 10.1 Å². The van der Waals surface area contributed by atoms with Crippen molar-refractivity contribution in [3.63, 3.8) is 0 Å². The first-order valence-corrected chi connectivity index (χ1v) is 4.93. The van der Waals surface area contributed by atoms with Gasteiger partial charge in [0.2, 0.25) is 5.91 Å². The van der Waals surface area contributed by atoms with E-state index in [2.05, 4.69) is 24.1 Å². The van der Waals surface area contributed by atoms with Crippen LogP contribution in [0.25, 0.3) is 0 Å². The van der Waals surface area contributed by atoms with Gasteiger partial charge in [-0.15, -0.1) is 0 Å². The standard InChI is InChI=1S/C10H20N2O/c1-4-5-6-11-7-8-12-10(13)9(2)3/h11H,2,4-8H2,1,3H3,(H,12,13)/p+1. The van der Waals surface area contributed by atoms with Crippen LogP contribution in [0.1, 0.15) is 26.7 Å². The summed E-state index contributed by atoms with van der Waals surface area (Å²) in [6.45, 7) is 10.3. The number of hydrogen-bond acceptors (Lipinski definition) is 1. The summed E-state index contributed by atoms with van der Waals surface area (Å²) in [5.41, 5.74) is 0.577. The molecule has 0 spiro atoms. The van der Waals surface area contributed by atoms with E-state index in [1.807, 2.05) is 0 Å². The molecule has 0 heterocycles. The maximum absolute atomic E-state index is 11.0. The fourth-order valence-corrected chi connectivity index (χ4v) is 0.931. The van der Waals surface area contributed by atoms with Gasteiger partial charge in [-0.1, -0.05) is 19.9 Å². The summed E-state index contributed by atoms with van der Waals surface area (Å²) in [5.74, 6) is -0.0381. The number of rotatable bonds is 7. The first kappa shape index (κ1) is 12.2. The average molecular weight is 185 g/mol. The predicted octanol–water partition coefficient (Wildman–Crippen LogP) is 0.0422. The van der Waals surface area contributed by atoms with Crippen molar-refractivity contribution in [2.24, 2.45) is 0 Å². The number of nitrogens with two attached hydrogens (primary N) is 1. The van der Waals surface area contributed by atoms with Gasteiger partial charge in [0, 0.05) is 5.57 Å². The normalized spacial score (nSPS) is 9.69. The van der Waals surface area contributed by atoms with Gasteiger partial charge < -0.3 is 10.6 Å². The zero-order valence-electron chi connectivity index (χ0n) is 8.73. The van der Waals surface area contributed by atoms with Crippen LogP contribution >= 0.6 is 0 Å². The second-order valence-electron chi connectivity index (χ2n) is 3.26. The van der Waals surface area contributed by atoms with Crippen LogP contribution in [0.4, 0.5) is 0 Å². The lowest BCUT2D eigenvalue weighted by molar-refractivity contribution is -0.653. The van der Waals surface area contributed by atoms with Crippen LogP contribution in [-0.2, 0) is 4.79 Å². The Kier molecular flexibility index (Phi) is 7.30. The number of hydrogen-bond donors (Lipinski definition) is 2. The van der Waals surface area contributed by atoms with Crippen molar-refractivity contribution in [2.75, 3.05) is 19.6 Å². The zero-order chi connectivity index (χ0) is 10.1. The van der Waals surface area contributed by atoms with Gasteiger partial charge in [-0.3, -0.25) is 4.79 Å². The maximum atomic E-state index is 11.0. The molecule has 0 aromatic rings. The molecule has 13 heavy (non-hydrogen) atoms. The minimum atomic E-state index is -0.0381. The summed E-state index contributed by atoms with van der Waals surface area (Å²) in [6.07, 6.45) is 2.48. The molecule has 3 heteroatoms.